The van der Waals surface area contributed by atoms with Crippen LogP contribution in [0.5, 0.6) is 0 Å². The number of ketones is 3. The fraction of sp³-hybridized carbons (Fsp3) is 0.745. The summed E-state index contributed by atoms with van der Waals surface area (Å²) in [7, 11) is 3.04. The smallest absolute Gasteiger partial charge is 0.326 e. The Labute approximate surface area is 387 Å². The number of aliphatic hydroxyl groups is 4. The van der Waals surface area contributed by atoms with Crippen LogP contribution in [0.25, 0.3) is 0 Å². The van der Waals surface area contributed by atoms with Gasteiger partial charge in [-0.15, -0.1) is 0 Å². The summed E-state index contributed by atoms with van der Waals surface area (Å²) in [6.45, 7) is 15.0. The van der Waals surface area contributed by atoms with Gasteiger partial charge in [-0.05, 0) is 113 Å². The lowest BCUT2D eigenvalue weighted by Gasteiger charge is -2.42. The SMILES string of the molecule is CO[C@@H]1CC(C[C@@H](C)[C@@H](C)CC(=O)[C@H](C)/C=C(\C)[C@@H](O)[C@@H](OC)C(=O)[C@H](C)C[C@H](C)/C=C/C=C/C=C(\C)[C@@H](O)C[C@@H]2CC[C@@H](C)[C@](O)(C(=O)C(=O)N3CCCC[C@H]3C(=O)O)O2)CC[C@H]1O. The number of methoxy groups -OCH3 is 2. The molecule has 3 fully saturated rings. The molecule has 0 aromatic carbocycles. The van der Waals surface area contributed by atoms with Gasteiger partial charge in [0.1, 0.15) is 24.0 Å². The second kappa shape index (κ2) is 26.2. The van der Waals surface area contributed by atoms with Crippen LogP contribution in [-0.4, -0.2) is 129 Å². The maximum Gasteiger partial charge on any atom is 0.326 e. The molecule has 1 amide bonds. The molecule has 65 heavy (non-hydrogen) atoms. The number of carboxylic acids is 1. The van der Waals surface area contributed by atoms with E-state index in [0.29, 0.717) is 61.5 Å². The minimum absolute atomic E-state index is 0.00204. The van der Waals surface area contributed by atoms with Gasteiger partial charge in [-0.1, -0.05) is 78.0 Å². The number of ether oxygens (including phenoxy) is 3. The molecule has 14 nitrogen and oxygen atoms in total. The zero-order valence-corrected chi connectivity index (χ0v) is 40.7. The van der Waals surface area contributed by atoms with E-state index < -0.39 is 77.8 Å². The molecular formula is C51H81NO13. The number of piperidine rings is 1. The molecule has 0 bridgehead atoms. The second-order valence-corrected chi connectivity index (χ2v) is 19.7. The first-order chi connectivity index (χ1) is 30.5. The first kappa shape index (κ1) is 56.0. The number of hydrogen-bond donors (Lipinski definition) is 5. The summed E-state index contributed by atoms with van der Waals surface area (Å²) in [4.78, 5) is 66.1. The van der Waals surface area contributed by atoms with Gasteiger partial charge in [-0.25, -0.2) is 4.79 Å². The number of carbonyl (C=O) groups is 5. The zero-order chi connectivity index (χ0) is 48.8. The van der Waals surface area contributed by atoms with E-state index in [1.165, 1.54) is 7.11 Å². The Morgan fingerprint density at radius 1 is 0.877 bits per heavy atom. The number of aliphatic carboxylic acids is 1. The first-order valence-electron chi connectivity index (χ1n) is 23.9. The Balaban J connectivity index is 1.48. The van der Waals surface area contributed by atoms with Gasteiger partial charge >= 0.3 is 5.97 Å². The Morgan fingerprint density at radius 3 is 2.22 bits per heavy atom. The van der Waals surface area contributed by atoms with E-state index in [1.807, 2.05) is 32.9 Å². The van der Waals surface area contributed by atoms with E-state index in [9.17, 15) is 49.5 Å². The van der Waals surface area contributed by atoms with Crippen molar-refractivity contribution in [2.24, 2.45) is 41.4 Å². The number of rotatable bonds is 24. The highest BCUT2D eigenvalue weighted by molar-refractivity contribution is 6.39. The molecular weight excluding hydrogens is 835 g/mol. The van der Waals surface area contributed by atoms with E-state index in [2.05, 4.69) is 13.8 Å². The van der Waals surface area contributed by atoms with Crippen molar-refractivity contribution in [3.05, 3.63) is 47.6 Å². The van der Waals surface area contributed by atoms with Crippen molar-refractivity contribution in [2.75, 3.05) is 20.8 Å². The third kappa shape index (κ3) is 15.9. The summed E-state index contributed by atoms with van der Waals surface area (Å²) >= 11 is 0. The molecule has 0 aromatic rings. The number of likely N-dealkylation sites (tertiary alicyclic amines) is 1. The average molecular weight is 916 g/mol. The zero-order valence-electron chi connectivity index (χ0n) is 40.7. The molecule has 1 saturated carbocycles. The fourth-order valence-electron chi connectivity index (χ4n) is 9.67. The lowest BCUT2D eigenvalue weighted by molar-refractivity contribution is -0.265. The third-order valence-corrected chi connectivity index (χ3v) is 14.4. The molecule has 3 rings (SSSR count). The predicted octanol–water partition coefficient (Wildman–Crippen LogP) is 6.32. The molecule has 2 saturated heterocycles. The largest absolute Gasteiger partial charge is 0.480 e. The monoisotopic (exact) mass is 916 g/mol. The van der Waals surface area contributed by atoms with Crippen molar-refractivity contribution in [1.82, 2.24) is 4.90 Å². The number of carbonyl (C=O) groups excluding carboxylic acids is 4. The van der Waals surface area contributed by atoms with Gasteiger partial charge in [0.15, 0.2) is 5.78 Å². The normalized spacial score (nSPS) is 29.7. The van der Waals surface area contributed by atoms with Gasteiger partial charge in [0.2, 0.25) is 5.79 Å². The van der Waals surface area contributed by atoms with Gasteiger partial charge in [-0.3, -0.25) is 19.2 Å². The van der Waals surface area contributed by atoms with E-state index in [4.69, 9.17) is 14.2 Å². The highest BCUT2D eigenvalue weighted by Gasteiger charge is 2.52. The van der Waals surface area contributed by atoms with Gasteiger partial charge in [0.25, 0.3) is 11.7 Å². The fourth-order valence-corrected chi connectivity index (χ4v) is 9.67. The first-order valence-corrected chi connectivity index (χ1v) is 23.9. The summed E-state index contributed by atoms with van der Waals surface area (Å²) in [5, 5.41) is 53.3. The summed E-state index contributed by atoms with van der Waals surface area (Å²) in [5.74, 6) is -6.71. The minimum Gasteiger partial charge on any atom is -0.480 e. The van der Waals surface area contributed by atoms with Crippen LogP contribution in [0.2, 0.25) is 0 Å². The molecule has 0 spiro atoms. The van der Waals surface area contributed by atoms with Crippen LogP contribution in [0.3, 0.4) is 0 Å². The van der Waals surface area contributed by atoms with Crippen molar-refractivity contribution in [2.45, 2.75) is 181 Å². The van der Waals surface area contributed by atoms with Gasteiger partial charge in [-0.2, -0.15) is 0 Å². The number of aliphatic hydroxyl groups excluding tert-OH is 3. The van der Waals surface area contributed by atoms with Gasteiger partial charge in [0, 0.05) is 51.4 Å². The molecule has 368 valence electrons. The molecule has 0 radical (unpaired) electrons. The average Bonchev–Trinajstić information content (AvgIpc) is 3.27. The van der Waals surface area contributed by atoms with Crippen molar-refractivity contribution >= 4 is 29.2 Å². The summed E-state index contributed by atoms with van der Waals surface area (Å²) in [5.41, 5.74) is 1.12. The van der Waals surface area contributed by atoms with E-state index in [-0.39, 0.29) is 48.9 Å². The molecule has 3 aliphatic rings. The Kier molecular flexibility index (Phi) is 22.6. The van der Waals surface area contributed by atoms with E-state index in [0.717, 1.165) is 30.6 Å². The van der Waals surface area contributed by atoms with Crippen molar-refractivity contribution in [3.63, 3.8) is 0 Å². The lowest BCUT2D eigenvalue weighted by Crippen LogP contribution is -2.60. The molecule has 0 aromatic heterocycles. The van der Waals surface area contributed by atoms with Crippen LogP contribution < -0.4 is 0 Å². The molecule has 2 aliphatic heterocycles. The molecule has 1 aliphatic carbocycles. The second-order valence-electron chi connectivity index (χ2n) is 19.7. The topological polar surface area (TPSA) is 217 Å². The quantitative estimate of drug-likeness (QED) is 0.0408. The standard InChI is InChI=1S/C51H81NO13/c1-30(16-12-11-13-17-31(2)43(55)29-39-21-19-37(8)51(62,65-39)48(58)49(59)52-23-15-14-18-40(52)50(60)61)24-35(6)45(56)47(64-10)46(57)36(7)25-34(5)42(54)27-33(4)32(3)26-38-20-22-41(53)44(28-38)63-9/h11-13,16-17,25,30,32-35,37-41,43-44,46-47,53,55,57,62H,14-15,18-24,26-29H2,1-10H3,(H,60,61)/b13-11+,16-12+,31-17+,36-25+/t30-,32-,33+,34-,35-,37-,38?,39+,40+,41-,43+,44-,46-,47+,51-/m1/s1. The maximum atomic E-state index is 13.5. The van der Waals surface area contributed by atoms with Gasteiger partial charge in [0.05, 0.1) is 24.4 Å². The maximum absolute atomic E-state index is 13.5. The molecule has 1 unspecified atom stereocenters. The highest BCUT2D eigenvalue weighted by Crippen LogP contribution is 2.37. The van der Waals surface area contributed by atoms with Gasteiger partial charge < -0.3 is 44.6 Å². The molecule has 14 heteroatoms. The minimum atomic E-state index is -2.43. The van der Waals surface area contributed by atoms with Crippen LogP contribution in [0.1, 0.15) is 132 Å². The summed E-state index contributed by atoms with van der Waals surface area (Å²) < 4.78 is 16.8. The van der Waals surface area contributed by atoms with E-state index in [1.54, 1.807) is 52.2 Å². The number of amides is 1. The van der Waals surface area contributed by atoms with Crippen LogP contribution in [0, 0.1) is 41.4 Å². The number of nitrogens with zero attached hydrogens (tertiary/aromatic N) is 1. The number of allylic oxidation sites excluding steroid dienone is 6. The van der Waals surface area contributed by atoms with Crippen LogP contribution in [0.4, 0.5) is 0 Å². The Hall–Kier alpha value is -3.37. The van der Waals surface area contributed by atoms with Crippen LogP contribution >= 0.6 is 0 Å². The van der Waals surface area contributed by atoms with Crippen molar-refractivity contribution in [3.8, 4) is 0 Å². The summed E-state index contributed by atoms with van der Waals surface area (Å²) in [6.07, 6.45) is 12.9. The van der Waals surface area contributed by atoms with Crippen LogP contribution in [0.15, 0.2) is 47.6 Å². The number of Topliss-reactive ketones (excluding diaryl/α,β-unsaturated/α-hetero) is 3. The van der Waals surface area contributed by atoms with E-state index >= 15 is 0 Å². The number of carboxylic acid groups (broad SMARTS) is 1. The predicted molar refractivity (Wildman–Crippen MR) is 247 cm³/mol. The molecule has 5 N–H and O–H groups in total. The lowest BCUT2D eigenvalue weighted by atomic mass is 9.76. The Morgan fingerprint density at radius 2 is 1.57 bits per heavy atom. The van der Waals surface area contributed by atoms with Crippen molar-refractivity contribution < 1.29 is 63.7 Å². The third-order valence-electron chi connectivity index (χ3n) is 14.4. The van der Waals surface area contributed by atoms with Crippen LogP contribution in [-0.2, 0) is 38.2 Å². The number of hydrogen-bond acceptors (Lipinski definition) is 12. The van der Waals surface area contributed by atoms with Crippen molar-refractivity contribution in [1.29, 1.82) is 0 Å². The molecule has 15 atom stereocenters. The highest BCUT2D eigenvalue weighted by atomic mass is 16.6. The molecule has 2 heterocycles. The summed E-state index contributed by atoms with van der Waals surface area (Å²) in [6, 6.07) is -1.14. The Bertz CT molecular complexity index is 1720.